The van der Waals surface area contributed by atoms with Gasteiger partial charge in [-0.2, -0.15) is 0 Å². The molecule has 7 nitrogen and oxygen atoms in total. The lowest BCUT2D eigenvalue weighted by Gasteiger charge is -2.13. The average molecular weight is 381 g/mol. The topological polar surface area (TPSA) is 85.5 Å². The summed E-state index contributed by atoms with van der Waals surface area (Å²) in [5, 5.41) is 5.84. The molecule has 0 spiro atoms. The van der Waals surface area contributed by atoms with Gasteiger partial charge in [-0.3, -0.25) is 13.9 Å². The number of rotatable bonds is 15. The highest BCUT2D eigenvalue weighted by Crippen LogP contribution is 2.17. The number of hydrogen-bond donors (Lipinski definition) is 1. The number of nitrogens with one attached hydrogen (secondary N) is 1. The fourth-order valence-electron chi connectivity index (χ4n) is 3.28. The van der Waals surface area contributed by atoms with Gasteiger partial charge in [0.15, 0.2) is 0 Å². The molecule has 1 rings (SSSR count). The van der Waals surface area contributed by atoms with Crippen molar-refractivity contribution in [3.63, 3.8) is 0 Å². The molecule has 0 aliphatic heterocycles. The van der Waals surface area contributed by atoms with E-state index in [0.29, 0.717) is 6.54 Å². The minimum absolute atomic E-state index is 0.209. The van der Waals surface area contributed by atoms with Crippen molar-refractivity contribution in [1.29, 1.82) is 0 Å². The second-order valence-electron chi connectivity index (χ2n) is 7.31. The third-order valence-corrected chi connectivity index (χ3v) is 5.05. The highest BCUT2D eigenvalue weighted by Gasteiger charge is 2.15. The van der Waals surface area contributed by atoms with Crippen LogP contribution in [0.1, 0.15) is 84.0 Å². The molecule has 0 unspecified atom stereocenters. The maximum absolute atomic E-state index is 12.0. The average Bonchev–Trinajstić information content (AvgIpc) is 2.67. The third kappa shape index (κ3) is 7.69. The van der Waals surface area contributed by atoms with Gasteiger partial charge in [-0.25, -0.2) is 4.79 Å². The van der Waals surface area contributed by atoms with Crippen LogP contribution in [0.3, 0.4) is 0 Å². The quantitative estimate of drug-likeness (QED) is 0.356. The minimum Gasteiger partial charge on any atom is -0.369 e. The van der Waals surface area contributed by atoms with Gasteiger partial charge < -0.3 is 5.32 Å². The zero-order chi connectivity index (χ0) is 20.1. The van der Waals surface area contributed by atoms with E-state index in [-0.39, 0.29) is 11.5 Å². The number of nitrogens with zero attached hydrogens (tertiary/aromatic N) is 3. The molecule has 0 saturated carbocycles. The van der Waals surface area contributed by atoms with Crippen LogP contribution in [0.2, 0.25) is 0 Å². The highest BCUT2D eigenvalue weighted by atomic mass is 16.3. The molecule has 1 N–H and O–H groups in total. The Bertz CT molecular complexity index is 679. The molecule has 27 heavy (non-hydrogen) atoms. The minimum atomic E-state index is -0.662. The highest BCUT2D eigenvalue weighted by molar-refractivity contribution is 5.59. The molecule has 0 fully saturated rings. The van der Waals surface area contributed by atoms with E-state index in [1.165, 1.54) is 82.9 Å². The molecule has 0 atom stereocenters. The Kier molecular flexibility index (Phi) is 11.4. The van der Waals surface area contributed by atoms with Gasteiger partial charge in [-0.05, 0) is 11.6 Å². The van der Waals surface area contributed by atoms with E-state index in [4.69, 9.17) is 0 Å². The van der Waals surface area contributed by atoms with Crippen molar-refractivity contribution in [2.24, 2.45) is 19.3 Å². The Labute approximate surface area is 162 Å². The molecule has 0 aliphatic carbocycles. The van der Waals surface area contributed by atoms with Crippen LogP contribution in [0, 0.1) is 4.91 Å². The van der Waals surface area contributed by atoms with Crippen molar-refractivity contribution in [3.8, 4) is 0 Å². The first kappa shape index (κ1) is 23.1. The van der Waals surface area contributed by atoms with E-state index >= 15 is 0 Å². The van der Waals surface area contributed by atoms with E-state index in [2.05, 4.69) is 17.4 Å². The summed E-state index contributed by atoms with van der Waals surface area (Å²) < 4.78 is 2.16. The maximum Gasteiger partial charge on any atom is 0.332 e. The van der Waals surface area contributed by atoms with E-state index in [1.54, 1.807) is 0 Å². The summed E-state index contributed by atoms with van der Waals surface area (Å²) in [6.07, 6.45) is 15.2. The summed E-state index contributed by atoms with van der Waals surface area (Å²) in [5.74, 6) is 0.209. The molecule has 0 saturated heterocycles. The summed E-state index contributed by atoms with van der Waals surface area (Å²) in [7, 11) is 2.87. The molecule has 1 aromatic rings. The van der Waals surface area contributed by atoms with Crippen LogP contribution in [-0.4, -0.2) is 15.7 Å². The number of hydrogen-bond acceptors (Lipinski definition) is 5. The molecule has 0 bridgehead atoms. The Hall–Kier alpha value is -1.92. The van der Waals surface area contributed by atoms with Crippen molar-refractivity contribution in [3.05, 3.63) is 25.7 Å². The van der Waals surface area contributed by atoms with Gasteiger partial charge in [0.25, 0.3) is 5.56 Å². The van der Waals surface area contributed by atoms with Gasteiger partial charge in [-0.1, -0.05) is 77.6 Å². The van der Waals surface area contributed by atoms with Crippen molar-refractivity contribution < 1.29 is 0 Å². The fourth-order valence-corrected chi connectivity index (χ4v) is 3.28. The standard InChI is InChI=1S/C20H36N4O3/c1-4-5-6-7-8-9-10-11-12-13-14-15-16-21-18-17(22-27)19(25)24(3)20(26)23(18)2/h21H,4-16H2,1-3H3. The molecule has 0 amide bonds. The van der Waals surface area contributed by atoms with Crippen LogP contribution in [0.15, 0.2) is 14.8 Å². The predicted octanol–water partition coefficient (Wildman–Crippen LogP) is 4.59. The van der Waals surface area contributed by atoms with E-state index < -0.39 is 11.2 Å². The summed E-state index contributed by atoms with van der Waals surface area (Å²) in [5.41, 5.74) is -1.37. The maximum atomic E-state index is 12.0. The molecule has 1 heterocycles. The van der Waals surface area contributed by atoms with Crippen LogP contribution in [0.5, 0.6) is 0 Å². The van der Waals surface area contributed by atoms with E-state index in [1.807, 2.05) is 0 Å². The summed E-state index contributed by atoms with van der Waals surface area (Å²) in [4.78, 5) is 34.9. The SMILES string of the molecule is CCCCCCCCCCCCCCNc1c(N=O)c(=O)n(C)c(=O)n1C. The van der Waals surface area contributed by atoms with Gasteiger partial charge in [0.05, 0.1) is 0 Å². The first-order valence-corrected chi connectivity index (χ1v) is 10.4. The summed E-state index contributed by atoms with van der Waals surface area (Å²) >= 11 is 0. The van der Waals surface area contributed by atoms with Crippen molar-refractivity contribution in [2.75, 3.05) is 11.9 Å². The fraction of sp³-hybridized carbons (Fsp3) is 0.800. The lowest BCUT2D eigenvalue weighted by atomic mass is 10.1. The molecule has 0 radical (unpaired) electrons. The van der Waals surface area contributed by atoms with Crippen LogP contribution in [0.4, 0.5) is 11.5 Å². The first-order chi connectivity index (χ1) is 13.0. The van der Waals surface area contributed by atoms with Gasteiger partial charge in [0.1, 0.15) is 5.82 Å². The zero-order valence-electron chi connectivity index (χ0n) is 17.3. The monoisotopic (exact) mass is 380 g/mol. The van der Waals surface area contributed by atoms with Crippen molar-refractivity contribution >= 4 is 11.5 Å². The smallest absolute Gasteiger partial charge is 0.332 e. The Morgan fingerprint density at radius 1 is 0.778 bits per heavy atom. The molecule has 7 heteroatoms. The first-order valence-electron chi connectivity index (χ1n) is 10.4. The lowest BCUT2D eigenvalue weighted by Crippen LogP contribution is -2.38. The largest absolute Gasteiger partial charge is 0.369 e. The molecule has 1 aromatic heterocycles. The number of anilines is 1. The van der Waals surface area contributed by atoms with Crippen molar-refractivity contribution in [1.82, 2.24) is 9.13 Å². The van der Waals surface area contributed by atoms with Gasteiger partial charge in [-0.15, -0.1) is 4.91 Å². The van der Waals surface area contributed by atoms with Gasteiger partial charge >= 0.3 is 5.69 Å². The number of aromatic nitrogens is 2. The lowest BCUT2D eigenvalue weighted by molar-refractivity contribution is 0.546. The molecule has 0 aliphatic rings. The number of nitroso groups, excluding NO2 is 1. The van der Waals surface area contributed by atoms with Gasteiger partial charge in [0, 0.05) is 20.6 Å². The van der Waals surface area contributed by atoms with Crippen LogP contribution in [0.25, 0.3) is 0 Å². The second-order valence-corrected chi connectivity index (χ2v) is 7.31. The number of unbranched alkanes of at least 4 members (excludes halogenated alkanes) is 11. The van der Waals surface area contributed by atoms with Crippen LogP contribution >= 0.6 is 0 Å². The third-order valence-electron chi connectivity index (χ3n) is 5.05. The van der Waals surface area contributed by atoms with Gasteiger partial charge in [0.2, 0.25) is 5.69 Å². The van der Waals surface area contributed by atoms with Crippen molar-refractivity contribution in [2.45, 2.75) is 84.0 Å². The Balaban J connectivity index is 2.20. The Morgan fingerprint density at radius 3 is 1.74 bits per heavy atom. The second kappa shape index (κ2) is 13.3. The molecular formula is C20H36N4O3. The molecular weight excluding hydrogens is 344 g/mol. The molecule has 154 valence electrons. The zero-order valence-corrected chi connectivity index (χ0v) is 17.3. The molecule has 0 aromatic carbocycles. The normalized spacial score (nSPS) is 10.9. The van der Waals surface area contributed by atoms with Crippen LogP contribution < -0.4 is 16.6 Å². The summed E-state index contributed by atoms with van der Waals surface area (Å²) in [6.45, 7) is 2.86. The predicted molar refractivity (Wildman–Crippen MR) is 112 cm³/mol. The van der Waals surface area contributed by atoms with Crippen LogP contribution in [-0.2, 0) is 14.1 Å². The van der Waals surface area contributed by atoms with E-state index in [0.717, 1.165) is 17.4 Å². The van der Waals surface area contributed by atoms with E-state index in [9.17, 15) is 14.5 Å². The summed E-state index contributed by atoms with van der Waals surface area (Å²) in [6, 6.07) is 0. The Morgan fingerprint density at radius 2 is 1.26 bits per heavy atom.